The van der Waals surface area contributed by atoms with Gasteiger partial charge in [-0.15, -0.1) is 0 Å². The van der Waals surface area contributed by atoms with Crippen molar-refractivity contribution >= 4 is 40.2 Å². The highest BCUT2D eigenvalue weighted by molar-refractivity contribution is 6.42. The number of nitrogens with zero attached hydrogens (tertiary/aromatic N) is 2. The summed E-state index contributed by atoms with van der Waals surface area (Å²) >= 11 is 12.1. The smallest absolute Gasteiger partial charge is 0.337 e. The number of rotatable bonds is 3. The van der Waals surface area contributed by atoms with Crippen LogP contribution in [0.2, 0.25) is 10.0 Å². The fourth-order valence-electron chi connectivity index (χ4n) is 2.50. The molecule has 0 aliphatic carbocycles. The zero-order valence-corrected chi connectivity index (χ0v) is 14.1. The highest BCUT2D eigenvalue weighted by Crippen LogP contribution is 2.28. The number of fused-ring (bicyclic) bond motifs is 1. The van der Waals surface area contributed by atoms with E-state index < -0.39 is 0 Å². The fraction of sp³-hybridized carbons (Fsp3) is 0.176. The number of halogens is 2. The van der Waals surface area contributed by atoms with Crippen molar-refractivity contribution in [1.82, 2.24) is 9.55 Å². The van der Waals surface area contributed by atoms with Crippen LogP contribution in [0.25, 0.3) is 11.0 Å². The van der Waals surface area contributed by atoms with Gasteiger partial charge in [0.2, 0.25) is 0 Å². The van der Waals surface area contributed by atoms with E-state index >= 15 is 0 Å². The molecule has 0 amide bonds. The van der Waals surface area contributed by atoms with Crippen molar-refractivity contribution in [2.45, 2.75) is 6.42 Å². The van der Waals surface area contributed by atoms with Crippen molar-refractivity contribution in [3.8, 4) is 0 Å². The fourth-order valence-corrected chi connectivity index (χ4v) is 2.82. The SMILES string of the molecule is COC(=O)c1cccc(Cc2nc3cc(Cl)c(Cl)cc3n2C)c1. The Kier molecular flexibility index (Phi) is 4.28. The Morgan fingerprint density at radius 2 is 1.96 bits per heavy atom. The molecule has 2 aromatic carbocycles. The molecule has 0 atom stereocenters. The van der Waals surface area contributed by atoms with Gasteiger partial charge in [-0.1, -0.05) is 35.3 Å². The Morgan fingerprint density at radius 3 is 2.70 bits per heavy atom. The van der Waals surface area contributed by atoms with Crippen LogP contribution in [0.15, 0.2) is 36.4 Å². The van der Waals surface area contributed by atoms with Crippen molar-refractivity contribution in [2.75, 3.05) is 7.11 Å². The Labute approximate surface area is 143 Å². The summed E-state index contributed by atoms with van der Waals surface area (Å²) in [6.07, 6.45) is 0.589. The molecule has 0 aliphatic heterocycles. The number of hydrogen-bond acceptors (Lipinski definition) is 3. The molecule has 118 valence electrons. The molecule has 3 rings (SSSR count). The van der Waals surface area contributed by atoms with Crippen LogP contribution in [0.3, 0.4) is 0 Å². The maximum absolute atomic E-state index is 11.6. The molecule has 0 saturated heterocycles. The minimum atomic E-state index is -0.351. The molecule has 1 heterocycles. The van der Waals surface area contributed by atoms with Crippen LogP contribution in [-0.2, 0) is 18.2 Å². The zero-order valence-electron chi connectivity index (χ0n) is 12.6. The molecular formula is C17H14Cl2N2O2. The first-order valence-corrected chi connectivity index (χ1v) is 7.73. The normalized spacial score (nSPS) is 11.0. The predicted molar refractivity (Wildman–Crippen MR) is 91.3 cm³/mol. The van der Waals surface area contributed by atoms with Crippen LogP contribution in [0.1, 0.15) is 21.7 Å². The van der Waals surface area contributed by atoms with Crippen LogP contribution in [-0.4, -0.2) is 22.6 Å². The van der Waals surface area contributed by atoms with E-state index in [9.17, 15) is 4.79 Å². The van der Waals surface area contributed by atoms with E-state index in [1.54, 1.807) is 18.2 Å². The lowest BCUT2D eigenvalue weighted by Crippen LogP contribution is -2.03. The number of carbonyl (C=O) groups is 1. The van der Waals surface area contributed by atoms with Gasteiger partial charge in [-0.25, -0.2) is 9.78 Å². The molecule has 0 unspecified atom stereocenters. The molecule has 3 aromatic rings. The van der Waals surface area contributed by atoms with Crippen LogP contribution in [0.4, 0.5) is 0 Å². The average molecular weight is 349 g/mol. The molecular weight excluding hydrogens is 335 g/mol. The van der Waals surface area contributed by atoms with Gasteiger partial charge in [0.25, 0.3) is 0 Å². The van der Waals surface area contributed by atoms with Gasteiger partial charge < -0.3 is 9.30 Å². The molecule has 0 fully saturated rings. The Hall–Kier alpha value is -2.04. The molecule has 0 saturated carbocycles. The van der Waals surface area contributed by atoms with E-state index in [1.807, 2.05) is 29.8 Å². The summed E-state index contributed by atoms with van der Waals surface area (Å²) in [5, 5.41) is 0.984. The summed E-state index contributed by atoms with van der Waals surface area (Å²) in [7, 11) is 3.30. The van der Waals surface area contributed by atoms with Crippen LogP contribution >= 0.6 is 23.2 Å². The Morgan fingerprint density at radius 1 is 1.22 bits per heavy atom. The predicted octanol–water partition coefficient (Wildman–Crippen LogP) is 4.26. The van der Waals surface area contributed by atoms with Gasteiger partial charge in [-0.2, -0.15) is 0 Å². The molecule has 0 spiro atoms. The summed E-state index contributed by atoms with van der Waals surface area (Å²) in [4.78, 5) is 16.2. The lowest BCUT2D eigenvalue weighted by atomic mass is 10.1. The van der Waals surface area contributed by atoms with E-state index in [2.05, 4.69) is 4.98 Å². The monoisotopic (exact) mass is 348 g/mol. The lowest BCUT2D eigenvalue weighted by molar-refractivity contribution is 0.0600. The first kappa shape index (κ1) is 15.8. The summed E-state index contributed by atoms with van der Waals surface area (Å²) in [5.74, 6) is 0.510. The number of imidazole rings is 1. The lowest BCUT2D eigenvalue weighted by Gasteiger charge is -2.05. The summed E-state index contributed by atoms with van der Waals surface area (Å²) in [5.41, 5.74) is 3.21. The number of hydrogen-bond donors (Lipinski definition) is 0. The third-order valence-electron chi connectivity index (χ3n) is 3.73. The largest absolute Gasteiger partial charge is 0.465 e. The van der Waals surface area contributed by atoms with Gasteiger partial charge >= 0.3 is 5.97 Å². The van der Waals surface area contributed by atoms with Gasteiger partial charge in [0.05, 0.1) is 33.8 Å². The van der Waals surface area contributed by atoms with Crippen LogP contribution < -0.4 is 0 Å². The summed E-state index contributed by atoms with van der Waals surface area (Å²) in [6, 6.07) is 10.9. The van der Waals surface area contributed by atoms with Gasteiger partial charge in [0.1, 0.15) is 5.82 Å². The maximum atomic E-state index is 11.6. The summed E-state index contributed by atoms with van der Waals surface area (Å²) in [6.45, 7) is 0. The van der Waals surface area contributed by atoms with E-state index in [1.165, 1.54) is 7.11 Å². The van der Waals surface area contributed by atoms with E-state index in [0.717, 1.165) is 22.4 Å². The second kappa shape index (κ2) is 6.22. The quantitative estimate of drug-likeness (QED) is 0.664. The third kappa shape index (κ3) is 3.05. The van der Waals surface area contributed by atoms with Gasteiger partial charge in [0.15, 0.2) is 0 Å². The molecule has 6 heteroatoms. The molecule has 0 aliphatic rings. The van der Waals surface area contributed by atoms with E-state index in [-0.39, 0.29) is 5.97 Å². The van der Waals surface area contributed by atoms with Gasteiger partial charge in [0, 0.05) is 13.5 Å². The standard InChI is InChI=1S/C17H14Cl2N2O2/c1-21-15-9-13(19)12(18)8-14(15)20-16(21)7-10-4-3-5-11(6-10)17(22)23-2/h3-6,8-9H,7H2,1-2H3. The van der Waals surface area contributed by atoms with Crippen molar-refractivity contribution in [3.63, 3.8) is 0 Å². The second-order valence-corrected chi connectivity index (χ2v) is 6.03. The number of aromatic nitrogens is 2. The molecule has 1 aromatic heterocycles. The van der Waals surface area contributed by atoms with Crippen molar-refractivity contribution in [3.05, 3.63) is 63.4 Å². The highest BCUT2D eigenvalue weighted by Gasteiger charge is 2.12. The Bertz CT molecular complexity index is 903. The molecule has 0 radical (unpaired) electrons. The van der Waals surface area contributed by atoms with Crippen molar-refractivity contribution in [1.29, 1.82) is 0 Å². The highest BCUT2D eigenvalue weighted by atomic mass is 35.5. The van der Waals surface area contributed by atoms with Crippen molar-refractivity contribution in [2.24, 2.45) is 7.05 Å². The topological polar surface area (TPSA) is 44.1 Å². The number of benzene rings is 2. The minimum absolute atomic E-state index is 0.351. The summed E-state index contributed by atoms with van der Waals surface area (Å²) < 4.78 is 6.73. The number of carbonyl (C=O) groups excluding carboxylic acids is 1. The van der Waals surface area contributed by atoms with Crippen molar-refractivity contribution < 1.29 is 9.53 Å². The second-order valence-electron chi connectivity index (χ2n) is 5.21. The minimum Gasteiger partial charge on any atom is -0.465 e. The number of ether oxygens (including phenoxy) is 1. The maximum Gasteiger partial charge on any atom is 0.337 e. The van der Waals surface area contributed by atoms with E-state index in [4.69, 9.17) is 27.9 Å². The van der Waals surface area contributed by atoms with Crippen LogP contribution in [0.5, 0.6) is 0 Å². The zero-order chi connectivity index (χ0) is 16.6. The average Bonchev–Trinajstić information content (AvgIpc) is 2.83. The third-order valence-corrected chi connectivity index (χ3v) is 4.45. The first-order valence-electron chi connectivity index (χ1n) is 6.97. The molecule has 0 bridgehead atoms. The molecule has 4 nitrogen and oxygen atoms in total. The van der Waals surface area contributed by atoms with Gasteiger partial charge in [-0.05, 0) is 29.8 Å². The molecule has 0 N–H and O–H groups in total. The Balaban J connectivity index is 1.99. The van der Waals surface area contributed by atoms with Gasteiger partial charge in [-0.3, -0.25) is 0 Å². The number of esters is 1. The first-order chi connectivity index (χ1) is 11.0. The van der Waals surface area contributed by atoms with Crippen LogP contribution in [0, 0.1) is 0 Å². The number of aryl methyl sites for hydroxylation is 1. The molecule has 23 heavy (non-hydrogen) atoms. The van der Waals surface area contributed by atoms with E-state index in [0.29, 0.717) is 22.0 Å². The number of methoxy groups -OCH3 is 1.